The molecule has 2 aromatic carbocycles. The van der Waals surface area contributed by atoms with E-state index in [9.17, 15) is 12.8 Å². The van der Waals surface area contributed by atoms with E-state index in [1.165, 1.54) is 30.8 Å². The SMILES string of the molecule is CSc1cccc(NS(=O)(=O)c2ccc(F)c(C)c2)c1. The van der Waals surface area contributed by atoms with Crippen LogP contribution in [0, 0.1) is 12.7 Å². The van der Waals surface area contributed by atoms with E-state index < -0.39 is 15.8 Å². The highest BCUT2D eigenvalue weighted by Crippen LogP contribution is 2.22. The number of halogens is 1. The van der Waals surface area contributed by atoms with Gasteiger partial charge in [0.25, 0.3) is 10.0 Å². The molecule has 0 aliphatic carbocycles. The normalized spacial score (nSPS) is 11.3. The van der Waals surface area contributed by atoms with Gasteiger partial charge in [-0.25, -0.2) is 12.8 Å². The topological polar surface area (TPSA) is 46.2 Å². The summed E-state index contributed by atoms with van der Waals surface area (Å²) in [5, 5.41) is 0. The average molecular weight is 311 g/mol. The van der Waals surface area contributed by atoms with Gasteiger partial charge >= 0.3 is 0 Å². The Labute approximate surface area is 122 Å². The van der Waals surface area contributed by atoms with Gasteiger partial charge in [0.2, 0.25) is 0 Å². The molecule has 0 aromatic heterocycles. The molecule has 0 fully saturated rings. The third-order valence-corrected chi connectivity index (χ3v) is 4.87. The van der Waals surface area contributed by atoms with Crippen molar-refractivity contribution in [1.29, 1.82) is 0 Å². The quantitative estimate of drug-likeness (QED) is 0.877. The summed E-state index contributed by atoms with van der Waals surface area (Å²) in [7, 11) is -3.70. The molecule has 0 saturated carbocycles. The van der Waals surface area contributed by atoms with Gasteiger partial charge in [0.05, 0.1) is 4.90 Å². The van der Waals surface area contributed by atoms with Crippen molar-refractivity contribution >= 4 is 27.5 Å². The lowest BCUT2D eigenvalue weighted by atomic mass is 10.2. The van der Waals surface area contributed by atoms with Crippen LogP contribution in [0.15, 0.2) is 52.3 Å². The Bertz CT molecular complexity index is 730. The Morgan fingerprint density at radius 2 is 1.90 bits per heavy atom. The highest BCUT2D eigenvalue weighted by Gasteiger charge is 2.15. The predicted molar refractivity (Wildman–Crippen MR) is 80.2 cm³/mol. The lowest BCUT2D eigenvalue weighted by Gasteiger charge is -2.09. The van der Waals surface area contributed by atoms with Gasteiger partial charge in [-0.1, -0.05) is 6.07 Å². The van der Waals surface area contributed by atoms with Crippen LogP contribution < -0.4 is 4.72 Å². The molecule has 2 rings (SSSR count). The highest BCUT2D eigenvalue weighted by atomic mass is 32.2. The van der Waals surface area contributed by atoms with Gasteiger partial charge in [-0.2, -0.15) is 0 Å². The molecule has 20 heavy (non-hydrogen) atoms. The van der Waals surface area contributed by atoms with Crippen LogP contribution in [0.4, 0.5) is 10.1 Å². The summed E-state index contributed by atoms with van der Waals surface area (Å²) in [5.41, 5.74) is 0.782. The van der Waals surface area contributed by atoms with Crippen molar-refractivity contribution in [2.24, 2.45) is 0 Å². The minimum Gasteiger partial charge on any atom is -0.280 e. The lowest BCUT2D eigenvalue weighted by molar-refractivity contribution is 0.598. The fraction of sp³-hybridized carbons (Fsp3) is 0.143. The first kappa shape index (κ1) is 14.9. The molecule has 0 atom stereocenters. The fourth-order valence-electron chi connectivity index (χ4n) is 1.68. The first-order valence-electron chi connectivity index (χ1n) is 5.85. The van der Waals surface area contributed by atoms with Crippen molar-refractivity contribution in [3.05, 3.63) is 53.8 Å². The van der Waals surface area contributed by atoms with Crippen LogP contribution in [0.5, 0.6) is 0 Å². The zero-order chi connectivity index (χ0) is 14.8. The molecule has 106 valence electrons. The van der Waals surface area contributed by atoms with Crippen molar-refractivity contribution in [2.45, 2.75) is 16.7 Å². The molecule has 0 aliphatic heterocycles. The first-order chi connectivity index (χ1) is 9.42. The van der Waals surface area contributed by atoms with E-state index in [-0.39, 0.29) is 4.90 Å². The van der Waals surface area contributed by atoms with Crippen molar-refractivity contribution in [3.8, 4) is 0 Å². The molecule has 0 unspecified atom stereocenters. The second kappa shape index (κ2) is 5.85. The van der Waals surface area contributed by atoms with Gasteiger partial charge < -0.3 is 0 Å². The summed E-state index contributed by atoms with van der Waals surface area (Å²) < 4.78 is 40.1. The van der Waals surface area contributed by atoms with Crippen LogP contribution >= 0.6 is 11.8 Å². The molecule has 0 spiro atoms. The van der Waals surface area contributed by atoms with E-state index in [4.69, 9.17) is 0 Å². The van der Waals surface area contributed by atoms with E-state index in [1.54, 1.807) is 18.2 Å². The molecule has 0 amide bonds. The Morgan fingerprint density at radius 3 is 2.55 bits per heavy atom. The number of benzene rings is 2. The zero-order valence-electron chi connectivity index (χ0n) is 11.1. The largest absolute Gasteiger partial charge is 0.280 e. The van der Waals surface area contributed by atoms with Crippen molar-refractivity contribution < 1.29 is 12.8 Å². The van der Waals surface area contributed by atoms with Crippen LogP contribution in [0.1, 0.15) is 5.56 Å². The maximum absolute atomic E-state index is 13.2. The number of hydrogen-bond donors (Lipinski definition) is 1. The lowest BCUT2D eigenvalue weighted by Crippen LogP contribution is -2.13. The van der Waals surface area contributed by atoms with Gasteiger partial charge in [-0.3, -0.25) is 4.72 Å². The molecule has 0 radical (unpaired) electrons. The van der Waals surface area contributed by atoms with Crippen molar-refractivity contribution in [1.82, 2.24) is 0 Å². The molecule has 0 heterocycles. The highest BCUT2D eigenvalue weighted by molar-refractivity contribution is 7.98. The van der Waals surface area contributed by atoms with Crippen molar-refractivity contribution in [3.63, 3.8) is 0 Å². The van der Waals surface area contributed by atoms with Crippen LogP contribution in [-0.2, 0) is 10.0 Å². The number of sulfonamides is 1. The summed E-state index contributed by atoms with van der Waals surface area (Å²) in [6.45, 7) is 1.53. The van der Waals surface area contributed by atoms with Crippen LogP contribution in [-0.4, -0.2) is 14.7 Å². The predicted octanol–water partition coefficient (Wildman–Crippen LogP) is 3.66. The van der Waals surface area contributed by atoms with Gasteiger partial charge in [0.1, 0.15) is 5.82 Å². The number of aryl methyl sites for hydroxylation is 1. The number of nitrogens with one attached hydrogen (secondary N) is 1. The summed E-state index contributed by atoms with van der Waals surface area (Å²) >= 11 is 1.52. The van der Waals surface area contributed by atoms with E-state index in [2.05, 4.69) is 4.72 Å². The van der Waals surface area contributed by atoms with Gasteiger partial charge in [0.15, 0.2) is 0 Å². The summed E-state index contributed by atoms with van der Waals surface area (Å²) in [6.07, 6.45) is 1.91. The molecule has 6 heteroatoms. The smallest absolute Gasteiger partial charge is 0.261 e. The van der Waals surface area contributed by atoms with Gasteiger partial charge in [-0.05, 0) is 55.1 Å². The molecule has 0 aliphatic rings. The van der Waals surface area contributed by atoms with E-state index in [0.717, 1.165) is 11.0 Å². The Morgan fingerprint density at radius 1 is 1.15 bits per heavy atom. The van der Waals surface area contributed by atoms with Crippen molar-refractivity contribution in [2.75, 3.05) is 11.0 Å². The monoisotopic (exact) mass is 311 g/mol. The maximum atomic E-state index is 13.2. The van der Waals surface area contributed by atoms with E-state index in [1.807, 2.05) is 12.3 Å². The minimum atomic E-state index is -3.70. The number of anilines is 1. The molecular weight excluding hydrogens is 297 g/mol. The van der Waals surface area contributed by atoms with E-state index >= 15 is 0 Å². The summed E-state index contributed by atoms with van der Waals surface area (Å²) in [4.78, 5) is 1.01. The van der Waals surface area contributed by atoms with Gasteiger partial charge in [-0.15, -0.1) is 11.8 Å². The molecule has 0 bridgehead atoms. The third-order valence-electron chi connectivity index (χ3n) is 2.76. The number of hydrogen-bond acceptors (Lipinski definition) is 3. The van der Waals surface area contributed by atoms with Crippen LogP contribution in [0.2, 0.25) is 0 Å². The zero-order valence-corrected chi connectivity index (χ0v) is 12.7. The Hall–Kier alpha value is -1.53. The standard InChI is InChI=1S/C14H14FNO2S2/c1-10-8-13(6-7-14(10)15)20(17,18)16-11-4-3-5-12(9-11)19-2/h3-9,16H,1-2H3. The molecule has 2 aromatic rings. The fourth-order valence-corrected chi connectivity index (χ4v) is 3.28. The Kier molecular flexibility index (Phi) is 4.35. The molecular formula is C14H14FNO2S2. The van der Waals surface area contributed by atoms with E-state index in [0.29, 0.717) is 11.3 Å². The van der Waals surface area contributed by atoms with Crippen LogP contribution in [0.3, 0.4) is 0 Å². The molecule has 0 saturated heterocycles. The second-order valence-corrected chi connectivity index (χ2v) is 6.81. The number of rotatable bonds is 4. The average Bonchev–Trinajstić information content (AvgIpc) is 2.41. The number of thioether (sulfide) groups is 1. The molecule has 3 nitrogen and oxygen atoms in total. The maximum Gasteiger partial charge on any atom is 0.261 e. The summed E-state index contributed by atoms with van der Waals surface area (Å²) in [5.74, 6) is -0.423. The third kappa shape index (κ3) is 3.32. The van der Waals surface area contributed by atoms with Crippen LogP contribution in [0.25, 0.3) is 0 Å². The second-order valence-electron chi connectivity index (χ2n) is 4.25. The minimum absolute atomic E-state index is 0.0472. The first-order valence-corrected chi connectivity index (χ1v) is 8.56. The summed E-state index contributed by atoms with van der Waals surface area (Å²) in [6, 6.07) is 10.8. The van der Waals surface area contributed by atoms with Gasteiger partial charge in [0, 0.05) is 10.6 Å². The Balaban J connectivity index is 2.32. The molecule has 1 N–H and O–H groups in total.